The summed E-state index contributed by atoms with van der Waals surface area (Å²) >= 11 is 5.36. The normalized spacial score (nSPS) is 11.4. The number of hydrogen-bond acceptors (Lipinski definition) is 5. The van der Waals surface area contributed by atoms with E-state index < -0.39 is 16.1 Å². The number of rotatable bonds is 5. The third-order valence-corrected chi connectivity index (χ3v) is 3.89. The van der Waals surface area contributed by atoms with E-state index in [1.54, 1.807) is 6.92 Å². The van der Waals surface area contributed by atoms with Crippen LogP contribution >= 0.6 is 11.6 Å². The molecule has 1 heterocycles. The minimum atomic E-state index is -3.63. The Hall–Kier alpha value is -1.02. The summed E-state index contributed by atoms with van der Waals surface area (Å²) < 4.78 is 36.9. The molecule has 1 aromatic heterocycles. The molecular formula is C7H9ClFN4O2S. The maximum absolute atomic E-state index is 12.7. The molecule has 0 fully saturated rings. The molecule has 0 atom stereocenters. The van der Waals surface area contributed by atoms with E-state index >= 15 is 0 Å². The second-order valence-corrected chi connectivity index (χ2v) is 5.07. The Morgan fingerprint density at radius 2 is 2.19 bits per heavy atom. The topological polar surface area (TPSA) is 76.1 Å². The summed E-state index contributed by atoms with van der Waals surface area (Å²) in [6.07, 6.45) is 0.903. The number of nitrogens with zero attached hydrogens (tertiary/aromatic N) is 4. The fourth-order valence-electron chi connectivity index (χ4n) is 1.03. The highest BCUT2D eigenvalue weighted by Gasteiger charge is 2.23. The molecule has 0 saturated heterocycles. The summed E-state index contributed by atoms with van der Waals surface area (Å²) in [6, 6.07) is 0. The number of aromatic nitrogens is 3. The summed E-state index contributed by atoms with van der Waals surface area (Å²) in [5.41, 5.74) is 0. The van der Waals surface area contributed by atoms with Crippen LogP contribution in [0.1, 0.15) is 6.92 Å². The summed E-state index contributed by atoms with van der Waals surface area (Å²) in [7, 11) is -3.63. The van der Waals surface area contributed by atoms with Crippen molar-refractivity contribution < 1.29 is 12.8 Å². The van der Waals surface area contributed by atoms with Gasteiger partial charge in [-0.15, -0.1) is 11.6 Å². The standard InChI is InChI=1S/C7H9ClFN4O2S/c1-2-13(16(14,15)4-3-8)7-11-5-10-6(9)12-7/h2-4H2,1H3. The molecule has 1 aromatic rings. The molecule has 0 saturated carbocycles. The lowest BCUT2D eigenvalue weighted by molar-refractivity contribution is 0.530. The number of hydrogen-bond donors (Lipinski definition) is 0. The smallest absolute Gasteiger partial charge is 0.238 e. The zero-order valence-corrected chi connectivity index (χ0v) is 9.96. The molecule has 9 heteroatoms. The monoisotopic (exact) mass is 267 g/mol. The summed E-state index contributed by atoms with van der Waals surface area (Å²) in [5.74, 6) is -0.619. The van der Waals surface area contributed by atoms with Gasteiger partial charge in [0, 0.05) is 12.4 Å². The van der Waals surface area contributed by atoms with E-state index in [0.717, 1.165) is 4.31 Å². The van der Waals surface area contributed by atoms with Crippen LogP contribution in [0.5, 0.6) is 0 Å². The first-order valence-electron chi connectivity index (χ1n) is 4.35. The van der Waals surface area contributed by atoms with Gasteiger partial charge < -0.3 is 0 Å². The van der Waals surface area contributed by atoms with Gasteiger partial charge in [0.2, 0.25) is 22.3 Å². The van der Waals surface area contributed by atoms with Gasteiger partial charge in [0.15, 0.2) is 0 Å². The molecule has 0 N–H and O–H groups in total. The summed E-state index contributed by atoms with van der Waals surface area (Å²) in [4.78, 5) is 9.78. The average Bonchev–Trinajstić information content (AvgIpc) is 2.18. The maximum atomic E-state index is 12.7. The van der Waals surface area contributed by atoms with E-state index in [2.05, 4.69) is 15.0 Å². The maximum Gasteiger partial charge on any atom is 0.314 e. The molecule has 0 spiro atoms. The molecule has 0 aliphatic heterocycles. The van der Waals surface area contributed by atoms with Gasteiger partial charge in [-0.1, -0.05) is 0 Å². The Kier molecular flexibility index (Phi) is 4.36. The third-order valence-electron chi connectivity index (χ3n) is 1.67. The third kappa shape index (κ3) is 2.99. The Labute approximate surface area is 97.5 Å². The molecule has 0 aliphatic carbocycles. The molecule has 16 heavy (non-hydrogen) atoms. The van der Waals surface area contributed by atoms with Gasteiger partial charge in [-0.3, -0.25) is 0 Å². The molecule has 0 aliphatic rings. The quantitative estimate of drug-likeness (QED) is 0.713. The molecule has 6 nitrogen and oxygen atoms in total. The van der Waals surface area contributed by atoms with Crippen molar-refractivity contribution in [1.82, 2.24) is 15.0 Å². The highest BCUT2D eigenvalue weighted by molar-refractivity contribution is 7.92. The first kappa shape index (κ1) is 13.0. The minimum absolute atomic E-state index is 0.0594. The average molecular weight is 268 g/mol. The second-order valence-electron chi connectivity index (χ2n) is 2.67. The van der Waals surface area contributed by atoms with E-state index in [1.165, 1.54) is 0 Å². The number of anilines is 1. The Morgan fingerprint density at radius 3 is 2.69 bits per heavy atom. The van der Waals surface area contributed by atoms with E-state index in [9.17, 15) is 12.8 Å². The lowest BCUT2D eigenvalue weighted by Gasteiger charge is -2.19. The zero-order chi connectivity index (χ0) is 12.2. The molecule has 0 bridgehead atoms. The molecule has 1 radical (unpaired) electrons. The van der Waals surface area contributed by atoms with Gasteiger partial charge in [-0.2, -0.15) is 19.3 Å². The van der Waals surface area contributed by atoms with Crippen molar-refractivity contribution in [3.05, 3.63) is 12.4 Å². The number of alkyl halides is 1. The van der Waals surface area contributed by atoms with Gasteiger partial charge in [-0.25, -0.2) is 12.7 Å². The predicted molar refractivity (Wildman–Crippen MR) is 56.1 cm³/mol. The first-order valence-corrected chi connectivity index (χ1v) is 6.49. The summed E-state index contributed by atoms with van der Waals surface area (Å²) in [5, 5.41) is 0. The van der Waals surface area contributed by atoms with Crippen molar-refractivity contribution in [2.45, 2.75) is 6.92 Å². The van der Waals surface area contributed by atoms with Gasteiger partial charge in [0.25, 0.3) is 0 Å². The van der Waals surface area contributed by atoms with Gasteiger partial charge >= 0.3 is 6.08 Å². The fourth-order valence-corrected chi connectivity index (χ4v) is 2.75. The Balaban J connectivity index is 3.08. The lowest BCUT2D eigenvalue weighted by atomic mass is 10.7. The van der Waals surface area contributed by atoms with Crippen molar-refractivity contribution >= 4 is 27.6 Å². The van der Waals surface area contributed by atoms with E-state index in [1.807, 2.05) is 6.33 Å². The van der Waals surface area contributed by atoms with E-state index in [0.29, 0.717) is 0 Å². The predicted octanol–water partition coefficient (Wildman–Crippen LogP) is 0.206. The van der Waals surface area contributed by atoms with Gasteiger partial charge in [0.05, 0.1) is 5.75 Å². The van der Waals surface area contributed by atoms with E-state index in [-0.39, 0.29) is 24.1 Å². The highest BCUT2D eigenvalue weighted by Crippen LogP contribution is 2.11. The minimum Gasteiger partial charge on any atom is -0.238 e. The zero-order valence-electron chi connectivity index (χ0n) is 8.39. The molecular weight excluding hydrogens is 259 g/mol. The van der Waals surface area contributed by atoms with Crippen LogP contribution in [0, 0.1) is 12.4 Å². The van der Waals surface area contributed by atoms with Crippen molar-refractivity contribution in [2.24, 2.45) is 0 Å². The van der Waals surface area contributed by atoms with Crippen LogP contribution in [0.3, 0.4) is 0 Å². The van der Waals surface area contributed by atoms with Crippen molar-refractivity contribution in [1.29, 1.82) is 0 Å². The SMILES string of the molecule is CCN(c1n[c]nc(F)n1)S(=O)(=O)CCCl. The van der Waals surface area contributed by atoms with Gasteiger partial charge in [0.1, 0.15) is 0 Å². The van der Waals surface area contributed by atoms with Crippen LogP contribution in [-0.2, 0) is 10.0 Å². The Morgan fingerprint density at radius 1 is 1.50 bits per heavy atom. The van der Waals surface area contributed by atoms with Crippen molar-refractivity contribution in [2.75, 3.05) is 22.5 Å². The van der Waals surface area contributed by atoms with Gasteiger partial charge in [-0.05, 0) is 6.92 Å². The number of halogens is 2. The van der Waals surface area contributed by atoms with Crippen LogP contribution in [0.2, 0.25) is 0 Å². The van der Waals surface area contributed by atoms with Crippen LogP contribution < -0.4 is 4.31 Å². The fraction of sp³-hybridized carbons (Fsp3) is 0.571. The molecule has 89 valence electrons. The van der Waals surface area contributed by atoms with Crippen LogP contribution in [-0.4, -0.2) is 41.5 Å². The first-order chi connectivity index (χ1) is 7.51. The van der Waals surface area contributed by atoms with Crippen molar-refractivity contribution in [3.63, 3.8) is 0 Å². The van der Waals surface area contributed by atoms with Crippen LogP contribution in [0.25, 0.3) is 0 Å². The van der Waals surface area contributed by atoms with E-state index in [4.69, 9.17) is 11.6 Å². The highest BCUT2D eigenvalue weighted by atomic mass is 35.5. The molecule has 0 aromatic carbocycles. The Bertz CT molecular complexity index is 455. The molecule has 1 rings (SSSR count). The number of sulfonamides is 1. The van der Waals surface area contributed by atoms with Crippen molar-refractivity contribution in [3.8, 4) is 0 Å². The summed E-state index contributed by atoms with van der Waals surface area (Å²) in [6.45, 7) is 1.66. The van der Waals surface area contributed by atoms with Crippen LogP contribution in [0.15, 0.2) is 0 Å². The molecule has 0 amide bonds. The van der Waals surface area contributed by atoms with Crippen LogP contribution in [0.4, 0.5) is 10.3 Å². The second kappa shape index (κ2) is 5.35. The lowest BCUT2D eigenvalue weighted by Crippen LogP contribution is -2.35. The largest absolute Gasteiger partial charge is 0.314 e. The molecule has 0 unspecified atom stereocenters.